The summed E-state index contributed by atoms with van der Waals surface area (Å²) in [6.45, 7) is -0.339. The first-order valence-electron chi connectivity index (χ1n) is 3.41. The third-order valence-electron chi connectivity index (χ3n) is 1.42. The molecular formula is C7H7NO4S. The summed E-state index contributed by atoms with van der Waals surface area (Å²) in [5.41, 5.74) is 0.404. The van der Waals surface area contributed by atoms with E-state index in [-0.39, 0.29) is 6.54 Å². The van der Waals surface area contributed by atoms with Crippen molar-refractivity contribution in [2.45, 2.75) is 6.54 Å². The van der Waals surface area contributed by atoms with Crippen molar-refractivity contribution in [1.82, 2.24) is 0 Å². The second-order valence-corrected chi connectivity index (χ2v) is 3.17. The SMILES string of the molecule is COC(=O)c1sccc1C[N+](=O)[O-]. The molecule has 0 spiro atoms. The standard InChI is InChI=1S/C7H7NO4S/c1-12-7(9)6-5(2-3-13-6)4-8(10)11/h2-3H,4H2,1H3. The van der Waals surface area contributed by atoms with Gasteiger partial charge in [0.1, 0.15) is 4.88 Å². The third kappa shape index (κ3) is 2.25. The zero-order valence-electron chi connectivity index (χ0n) is 6.85. The molecule has 0 aliphatic rings. The molecular weight excluding hydrogens is 194 g/mol. The summed E-state index contributed by atoms with van der Waals surface area (Å²) in [4.78, 5) is 21.1. The average Bonchev–Trinajstić information content (AvgIpc) is 2.50. The Morgan fingerprint density at radius 2 is 2.46 bits per heavy atom. The molecule has 0 amide bonds. The highest BCUT2D eigenvalue weighted by molar-refractivity contribution is 7.12. The van der Waals surface area contributed by atoms with Gasteiger partial charge in [-0.2, -0.15) is 0 Å². The maximum Gasteiger partial charge on any atom is 0.348 e. The predicted molar refractivity (Wildman–Crippen MR) is 46.4 cm³/mol. The fraction of sp³-hybridized carbons (Fsp3) is 0.286. The van der Waals surface area contributed by atoms with Crippen molar-refractivity contribution >= 4 is 17.3 Å². The summed E-state index contributed by atoms with van der Waals surface area (Å²) in [5.74, 6) is -0.521. The predicted octanol–water partition coefficient (Wildman–Crippen LogP) is 1.31. The van der Waals surface area contributed by atoms with Gasteiger partial charge < -0.3 is 4.74 Å². The number of methoxy groups -OCH3 is 1. The highest BCUT2D eigenvalue weighted by Crippen LogP contribution is 2.18. The van der Waals surface area contributed by atoms with Crippen LogP contribution in [0.15, 0.2) is 11.4 Å². The molecule has 6 heteroatoms. The fourth-order valence-electron chi connectivity index (χ4n) is 0.871. The van der Waals surface area contributed by atoms with E-state index < -0.39 is 10.9 Å². The zero-order chi connectivity index (χ0) is 9.84. The first-order valence-corrected chi connectivity index (χ1v) is 4.29. The number of nitrogens with zero attached hydrogens (tertiary/aromatic N) is 1. The van der Waals surface area contributed by atoms with Gasteiger partial charge in [0, 0.05) is 10.5 Å². The van der Waals surface area contributed by atoms with Gasteiger partial charge in [0.25, 0.3) is 0 Å². The van der Waals surface area contributed by atoms with E-state index in [1.807, 2.05) is 0 Å². The van der Waals surface area contributed by atoms with Gasteiger partial charge in [-0.3, -0.25) is 10.1 Å². The monoisotopic (exact) mass is 201 g/mol. The van der Waals surface area contributed by atoms with Crippen LogP contribution in [-0.2, 0) is 11.3 Å². The van der Waals surface area contributed by atoms with E-state index in [9.17, 15) is 14.9 Å². The largest absolute Gasteiger partial charge is 0.465 e. The molecule has 0 aliphatic carbocycles. The molecule has 0 fully saturated rings. The van der Waals surface area contributed by atoms with Crippen molar-refractivity contribution in [1.29, 1.82) is 0 Å². The number of esters is 1. The second-order valence-electron chi connectivity index (χ2n) is 2.26. The van der Waals surface area contributed by atoms with Crippen LogP contribution in [0.2, 0.25) is 0 Å². The van der Waals surface area contributed by atoms with Gasteiger partial charge in [0.05, 0.1) is 7.11 Å². The molecule has 13 heavy (non-hydrogen) atoms. The number of ether oxygens (including phenoxy) is 1. The molecule has 70 valence electrons. The van der Waals surface area contributed by atoms with E-state index in [1.54, 1.807) is 11.4 Å². The van der Waals surface area contributed by atoms with Crippen molar-refractivity contribution in [3.8, 4) is 0 Å². The molecule has 1 aromatic heterocycles. The fourth-order valence-corrected chi connectivity index (χ4v) is 1.70. The highest BCUT2D eigenvalue weighted by atomic mass is 32.1. The minimum atomic E-state index is -0.521. The Hall–Kier alpha value is -1.43. The molecule has 0 unspecified atom stereocenters. The Bertz CT molecular complexity index is 333. The zero-order valence-corrected chi connectivity index (χ0v) is 7.67. The first kappa shape index (κ1) is 9.66. The number of rotatable bonds is 3. The van der Waals surface area contributed by atoms with E-state index in [2.05, 4.69) is 4.74 Å². The van der Waals surface area contributed by atoms with Crippen LogP contribution in [0.3, 0.4) is 0 Å². The van der Waals surface area contributed by atoms with Crippen molar-refractivity contribution in [3.05, 3.63) is 32.0 Å². The molecule has 0 atom stereocenters. The molecule has 0 N–H and O–H groups in total. The summed E-state index contributed by atoms with van der Waals surface area (Å²) >= 11 is 1.15. The molecule has 1 aromatic rings. The maximum absolute atomic E-state index is 11.0. The van der Waals surface area contributed by atoms with Crippen LogP contribution in [0.25, 0.3) is 0 Å². The van der Waals surface area contributed by atoms with Gasteiger partial charge in [0.15, 0.2) is 0 Å². The number of carbonyl (C=O) groups excluding carboxylic acids is 1. The van der Waals surface area contributed by atoms with E-state index in [1.165, 1.54) is 7.11 Å². The summed E-state index contributed by atoms with van der Waals surface area (Å²) in [6.07, 6.45) is 0. The normalized spacial score (nSPS) is 9.62. The van der Waals surface area contributed by atoms with Gasteiger partial charge in [-0.15, -0.1) is 11.3 Å². The minimum absolute atomic E-state index is 0.305. The molecule has 0 saturated carbocycles. The van der Waals surface area contributed by atoms with Gasteiger partial charge >= 0.3 is 5.97 Å². The smallest absolute Gasteiger partial charge is 0.348 e. The maximum atomic E-state index is 11.0. The number of hydrogen-bond acceptors (Lipinski definition) is 5. The molecule has 0 aliphatic heterocycles. The quantitative estimate of drug-likeness (QED) is 0.420. The topological polar surface area (TPSA) is 69.4 Å². The summed E-state index contributed by atoms with van der Waals surface area (Å²) in [7, 11) is 1.25. The number of thiophene rings is 1. The lowest BCUT2D eigenvalue weighted by Gasteiger charge is -1.96. The summed E-state index contributed by atoms with van der Waals surface area (Å²) < 4.78 is 4.47. The number of carbonyl (C=O) groups is 1. The van der Waals surface area contributed by atoms with E-state index >= 15 is 0 Å². The highest BCUT2D eigenvalue weighted by Gasteiger charge is 2.16. The Kier molecular flexibility index (Phi) is 2.97. The van der Waals surface area contributed by atoms with Crippen LogP contribution in [0, 0.1) is 10.1 Å². The lowest BCUT2D eigenvalue weighted by Crippen LogP contribution is -2.05. The Morgan fingerprint density at radius 1 is 1.77 bits per heavy atom. The molecule has 0 radical (unpaired) electrons. The molecule has 5 nitrogen and oxygen atoms in total. The molecule has 1 heterocycles. The summed E-state index contributed by atoms with van der Waals surface area (Å²) in [6, 6.07) is 1.56. The third-order valence-corrected chi connectivity index (χ3v) is 2.35. The van der Waals surface area contributed by atoms with Crippen molar-refractivity contribution in [2.24, 2.45) is 0 Å². The lowest BCUT2D eigenvalue weighted by molar-refractivity contribution is -0.496. The van der Waals surface area contributed by atoms with Crippen LogP contribution in [0.4, 0.5) is 0 Å². The second kappa shape index (κ2) is 3.99. The van der Waals surface area contributed by atoms with E-state index in [0.717, 1.165) is 11.3 Å². The van der Waals surface area contributed by atoms with Crippen molar-refractivity contribution in [3.63, 3.8) is 0 Å². The molecule has 1 rings (SSSR count). The first-order chi connectivity index (χ1) is 6.15. The van der Waals surface area contributed by atoms with Crippen LogP contribution >= 0.6 is 11.3 Å². The number of nitro groups is 1. The average molecular weight is 201 g/mol. The lowest BCUT2D eigenvalue weighted by atomic mass is 10.2. The Labute approximate surface area is 78.1 Å². The summed E-state index contributed by atoms with van der Waals surface area (Å²) in [5, 5.41) is 11.8. The van der Waals surface area contributed by atoms with Crippen LogP contribution < -0.4 is 0 Å². The van der Waals surface area contributed by atoms with Gasteiger partial charge in [-0.05, 0) is 11.4 Å². The Morgan fingerprint density at radius 3 is 3.00 bits per heavy atom. The van der Waals surface area contributed by atoms with Crippen LogP contribution in [-0.4, -0.2) is 18.0 Å². The van der Waals surface area contributed by atoms with E-state index in [0.29, 0.717) is 10.4 Å². The van der Waals surface area contributed by atoms with Crippen molar-refractivity contribution in [2.75, 3.05) is 7.11 Å². The van der Waals surface area contributed by atoms with E-state index in [4.69, 9.17) is 0 Å². The van der Waals surface area contributed by atoms with Gasteiger partial charge in [0.2, 0.25) is 6.54 Å². The molecule has 0 saturated heterocycles. The molecule has 0 aromatic carbocycles. The minimum Gasteiger partial charge on any atom is -0.465 e. The van der Waals surface area contributed by atoms with Crippen LogP contribution in [0.1, 0.15) is 15.2 Å². The van der Waals surface area contributed by atoms with Crippen molar-refractivity contribution < 1.29 is 14.5 Å². The Balaban J connectivity index is 2.89. The van der Waals surface area contributed by atoms with Gasteiger partial charge in [-0.25, -0.2) is 4.79 Å². The number of hydrogen-bond donors (Lipinski definition) is 0. The van der Waals surface area contributed by atoms with Crippen LogP contribution in [0.5, 0.6) is 0 Å². The van der Waals surface area contributed by atoms with Gasteiger partial charge in [-0.1, -0.05) is 0 Å². The molecule has 0 bridgehead atoms.